The number of rotatable bonds is 3. The van der Waals surface area contributed by atoms with Crippen LogP contribution in [-0.2, 0) is 12.7 Å². The highest BCUT2D eigenvalue weighted by atomic mass is 19.4. The number of hydrogen-bond donors (Lipinski definition) is 2. The number of alkyl halides is 3. The van der Waals surface area contributed by atoms with E-state index < -0.39 is 23.2 Å². The van der Waals surface area contributed by atoms with Crippen LogP contribution in [0.3, 0.4) is 0 Å². The maximum atomic E-state index is 12.7. The predicted octanol–water partition coefficient (Wildman–Crippen LogP) is 1.15. The summed E-state index contributed by atoms with van der Waals surface area (Å²) < 4.78 is 38.1. The number of carbonyl (C=O) groups is 1. The van der Waals surface area contributed by atoms with E-state index >= 15 is 0 Å². The monoisotopic (exact) mass is 271 g/mol. The summed E-state index contributed by atoms with van der Waals surface area (Å²) in [7, 11) is 0. The van der Waals surface area contributed by atoms with Gasteiger partial charge in [-0.25, -0.2) is 0 Å². The van der Waals surface area contributed by atoms with E-state index in [0.717, 1.165) is 12.1 Å². The first kappa shape index (κ1) is 13.0. The molecule has 9 heteroatoms. The number of nitrogens with zero attached hydrogens (tertiary/aromatic N) is 3. The summed E-state index contributed by atoms with van der Waals surface area (Å²) in [5.41, 5.74) is -1.43. The Hall–Kier alpha value is -2.45. The molecule has 0 aliphatic carbocycles. The maximum Gasteiger partial charge on any atom is 0.417 e. The van der Waals surface area contributed by atoms with Gasteiger partial charge in [-0.15, -0.1) is 10.2 Å². The quantitative estimate of drug-likeness (QED) is 0.877. The van der Waals surface area contributed by atoms with Crippen LogP contribution in [0.4, 0.5) is 13.2 Å². The Morgan fingerprint density at radius 3 is 2.68 bits per heavy atom. The fraction of sp³-hybridized carbons (Fsp3) is 0.200. The third kappa shape index (κ3) is 3.06. The van der Waals surface area contributed by atoms with E-state index in [-0.39, 0.29) is 12.4 Å². The molecular weight excluding hydrogens is 263 g/mol. The van der Waals surface area contributed by atoms with Gasteiger partial charge in [0.2, 0.25) is 0 Å². The van der Waals surface area contributed by atoms with Crippen molar-refractivity contribution < 1.29 is 18.0 Å². The number of aromatic amines is 1. The molecule has 100 valence electrons. The van der Waals surface area contributed by atoms with Crippen LogP contribution in [0.1, 0.15) is 21.7 Å². The fourth-order valence-electron chi connectivity index (χ4n) is 1.44. The third-order valence-electron chi connectivity index (χ3n) is 2.27. The molecule has 1 aromatic heterocycles. The SMILES string of the molecule is O=C(NCc1nn[nH]n1)c1ccccc1C(F)(F)F. The van der Waals surface area contributed by atoms with Crippen LogP contribution in [-0.4, -0.2) is 26.5 Å². The zero-order valence-electron chi connectivity index (χ0n) is 9.40. The Morgan fingerprint density at radius 1 is 1.32 bits per heavy atom. The van der Waals surface area contributed by atoms with Gasteiger partial charge in [-0.3, -0.25) is 4.79 Å². The molecule has 0 saturated carbocycles. The minimum absolute atomic E-state index is 0.110. The van der Waals surface area contributed by atoms with Gasteiger partial charge in [0.25, 0.3) is 5.91 Å². The van der Waals surface area contributed by atoms with Crippen molar-refractivity contribution in [2.75, 3.05) is 0 Å². The number of nitrogens with one attached hydrogen (secondary N) is 2. The zero-order chi connectivity index (χ0) is 13.9. The van der Waals surface area contributed by atoms with Crippen LogP contribution in [0.15, 0.2) is 24.3 Å². The van der Waals surface area contributed by atoms with Crippen LogP contribution in [0, 0.1) is 0 Å². The molecule has 0 aliphatic heterocycles. The number of amides is 1. The van der Waals surface area contributed by atoms with E-state index in [4.69, 9.17) is 0 Å². The normalized spacial score (nSPS) is 11.3. The first-order chi connectivity index (χ1) is 8.98. The Labute approximate surface area is 105 Å². The van der Waals surface area contributed by atoms with Crippen molar-refractivity contribution in [3.8, 4) is 0 Å². The molecule has 0 aliphatic rings. The minimum Gasteiger partial charge on any atom is -0.345 e. The van der Waals surface area contributed by atoms with E-state index in [1.165, 1.54) is 12.1 Å². The summed E-state index contributed by atoms with van der Waals surface area (Å²) in [5, 5.41) is 14.9. The summed E-state index contributed by atoms with van der Waals surface area (Å²) in [4.78, 5) is 11.7. The van der Waals surface area contributed by atoms with Crippen molar-refractivity contribution in [3.63, 3.8) is 0 Å². The molecule has 1 amide bonds. The Bertz CT molecular complexity index is 567. The highest BCUT2D eigenvalue weighted by molar-refractivity contribution is 5.95. The molecule has 1 aromatic carbocycles. The second-order valence-corrected chi connectivity index (χ2v) is 3.55. The number of benzene rings is 1. The van der Waals surface area contributed by atoms with Crippen LogP contribution >= 0.6 is 0 Å². The molecule has 2 rings (SSSR count). The Morgan fingerprint density at radius 2 is 2.05 bits per heavy atom. The molecule has 6 nitrogen and oxygen atoms in total. The third-order valence-corrected chi connectivity index (χ3v) is 2.27. The smallest absolute Gasteiger partial charge is 0.345 e. The van der Waals surface area contributed by atoms with Gasteiger partial charge in [0.05, 0.1) is 17.7 Å². The molecular formula is C10H8F3N5O. The largest absolute Gasteiger partial charge is 0.417 e. The maximum absolute atomic E-state index is 12.7. The second-order valence-electron chi connectivity index (χ2n) is 3.55. The summed E-state index contributed by atoms with van der Waals surface area (Å²) in [5.74, 6) is -0.671. The molecule has 1 heterocycles. The average molecular weight is 271 g/mol. The summed E-state index contributed by atoms with van der Waals surface area (Å²) in [6.07, 6.45) is -4.58. The molecule has 0 fully saturated rings. The van der Waals surface area contributed by atoms with E-state index in [9.17, 15) is 18.0 Å². The van der Waals surface area contributed by atoms with Gasteiger partial charge < -0.3 is 5.32 Å². The molecule has 0 unspecified atom stereocenters. The molecule has 2 N–H and O–H groups in total. The van der Waals surface area contributed by atoms with Gasteiger partial charge in [0.15, 0.2) is 5.82 Å². The van der Waals surface area contributed by atoms with Gasteiger partial charge in [0, 0.05) is 0 Å². The molecule has 0 saturated heterocycles. The lowest BCUT2D eigenvalue weighted by Gasteiger charge is -2.11. The van der Waals surface area contributed by atoms with Crippen molar-refractivity contribution in [2.24, 2.45) is 0 Å². The van der Waals surface area contributed by atoms with Crippen molar-refractivity contribution in [3.05, 3.63) is 41.2 Å². The van der Waals surface area contributed by atoms with Crippen LogP contribution in [0.25, 0.3) is 0 Å². The highest BCUT2D eigenvalue weighted by Crippen LogP contribution is 2.31. The number of carbonyl (C=O) groups excluding carboxylic acids is 1. The van der Waals surface area contributed by atoms with Crippen molar-refractivity contribution in [1.29, 1.82) is 0 Å². The van der Waals surface area contributed by atoms with Gasteiger partial charge in [-0.1, -0.05) is 17.3 Å². The summed E-state index contributed by atoms with van der Waals surface area (Å²) in [6.45, 7) is -0.110. The standard InChI is InChI=1S/C10H8F3N5O/c11-10(12,13)7-4-2-1-3-6(7)9(19)14-5-8-15-17-18-16-8/h1-4H,5H2,(H,14,19)(H,15,16,17,18). The number of tetrazole rings is 1. The fourth-order valence-corrected chi connectivity index (χ4v) is 1.44. The number of halogens is 3. The highest BCUT2D eigenvalue weighted by Gasteiger charge is 2.34. The van der Waals surface area contributed by atoms with E-state index in [1.807, 2.05) is 0 Å². The lowest BCUT2D eigenvalue weighted by molar-refractivity contribution is -0.137. The van der Waals surface area contributed by atoms with E-state index in [0.29, 0.717) is 0 Å². The van der Waals surface area contributed by atoms with Crippen molar-refractivity contribution >= 4 is 5.91 Å². The summed E-state index contributed by atoms with van der Waals surface area (Å²) >= 11 is 0. The minimum atomic E-state index is -4.58. The molecule has 0 atom stereocenters. The van der Waals surface area contributed by atoms with E-state index in [1.54, 1.807) is 0 Å². The molecule has 0 spiro atoms. The van der Waals surface area contributed by atoms with Crippen LogP contribution < -0.4 is 5.32 Å². The number of hydrogen-bond acceptors (Lipinski definition) is 4. The van der Waals surface area contributed by atoms with Gasteiger partial charge >= 0.3 is 6.18 Å². The summed E-state index contributed by atoms with van der Waals surface area (Å²) in [6, 6.07) is 4.54. The zero-order valence-corrected chi connectivity index (χ0v) is 9.40. The van der Waals surface area contributed by atoms with E-state index in [2.05, 4.69) is 25.9 Å². The first-order valence-corrected chi connectivity index (χ1v) is 5.15. The number of H-pyrrole nitrogens is 1. The second kappa shape index (κ2) is 5.04. The average Bonchev–Trinajstić information content (AvgIpc) is 2.88. The Balaban J connectivity index is 2.15. The lowest BCUT2D eigenvalue weighted by atomic mass is 10.1. The first-order valence-electron chi connectivity index (χ1n) is 5.15. The molecule has 0 bridgehead atoms. The topological polar surface area (TPSA) is 83.6 Å². The van der Waals surface area contributed by atoms with Crippen molar-refractivity contribution in [1.82, 2.24) is 25.9 Å². The lowest BCUT2D eigenvalue weighted by Crippen LogP contribution is -2.26. The van der Waals surface area contributed by atoms with Crippen LogP contribution in [0.5, 0.6) is 0 Å². The molecule has 19 heavy (non-hydrogen) atoms. The Kier molecular flexibility index (Phi) is 3.45. The molecule has 0 radical (unpaired) electrons. The number of aromatic nitrogens is 4. The van der Waals surface area contributed by atoms with Gasteiger partial charge in [-0.2, -0.15) is 18.4 Å². The predicted molar refractivity (Wildman–Crippen MR) is 56.8 cm³/mol. The van der Waals surface area contributed by atoms with Gasteiger partial charge in [0.1, 0.15) is 0 Å². The molecule has 2 aromatic rings. The van der Waals surface area contributed by atoms with Crippen LogP contribution in [0.2, 0.25) is 0 Å². The van der Waals surface area contributed by atoms with Gasteiger partial charge in [-0.05, 0) is 12.1 Å². The van der Waals surface area contributed by atoms with Crippen molar-refractivity contribution in [2.45, 2.75) is 12.7 Å².